The van der Waals surface area contributed by atoms with Gasteiger partial charge in [0.1, 0.15) is 0 Å². The molecule has 0 spiro atoms. The summed E-state index contributed by atoms with van der Waals surface area (Å²) in [6.07, 6.45) is -3.19. The lowest BCUT2D eigenvalue weighted by Crippen LogP contribution is -2.48. The van der Waals surface area contributed by atoms with Gasteiger partial charge in [-0.2, -0.15) is 4.31 Å². The zero-order chi connectivity index (χ0) is 20.5. The highest BCUT2D eigenvalue weighted by Gasteiger charge is 2.32. The molecular formula is C16H18F2N4O4S2. The summed E-state index contributed by atoms with van der Waals surface area (Å²) < 4.78 is 57.6. The maximum atomic E-state index is 12.8. The second kappa shape index (κ2) is 8.15. The molecule has 1 aromatic heterocycles. The number of nitrogens with zero attached hydrogens (tertiary/aromatic N) is 3. The fourth-order valence-corrected chi connectivity index (χ4v) is 4.98. The first-order chi connectivity index (χ1) is 13.2. The number of aromatic nitrogens is 2. The number of alkyl halides is 2. The highest BCUT2D eigenvalue weighted by Crippen LogP contribution is 2.26. The van der Waals surface area contributed by atoms with Gasteiger partial charge in [0.05, 0.1) is 17.1 Å². The molecule has 1 N–H and O–H groups in total. The van der Waals surface area contributed by atoms with Crippen LogP contribution in [0.15, 0.2) is 29.2 Å². The van der Waals surface area contributed by atoms with Crippen molar-refractivity contribution in [1.82, 2.24) is 14.5 Å². The topological polar surface area (TPSA) is 101 Å². The van der Waals surface area contributed by atoms with E-state index >= 15 is 0 Å². The van der Waals surface area contributed by atoms with Crippen LogP contribution in [0.1, 0.15) is 35.6 Å². The first-order valence-electron chi connectivity index (χ1n) is 8.35. The number of halogens is 2. The predicted molar refractivity (Wildman–Crippen MR) is 98.0 cm³/mol. The van der Waals surface area contributed by atoms with Gasteiger partial charge in [0.2, 0.25) is 15.2 Å². The van der Waals surface area contributed by atoms with Crippen LogP contribution in [0.5, 0.6) is 0 Å². The largest absolute Gasteiger partial charge is 0.373 e. The summed E-state index contributed by atoms with van der Waals surface area (Å²) in [7, 11) is -3.72. The number of ether oxygens (including phenoxy) is 1. The van der Waals surface area contributed by atoms with Crippen molar-refractivity contribution in [3.8, 4) is 0 Å². The number of sulfonamides is 1. The van der Waals surface area contributed by atoms with Crippen LogP contribution in [0.2, 0.25) is 0 Å². The Morgan fingerprint density at radius 1 is 1.21 bits per heavy atom. The van der Waals surface area contributed by atoms with Crippen molar-refractivity contribution in [2.45, 2.75) is 37.4 Å². The van der Waals surface area contributed by atoms with Crippen LogP contribution >= 0.6 is 11.3 Å². The van der Waals surface area contributed by atoms with Gasteiger partial charge in [0, 0.05) is 18.7 Å². The Morgan fingerprint density at radius 3 is 2.36 bits per heavy atom. The molecule has 1 aliphatic heterocycles. The number of amides is 1. The van der Waals surface area contributed by atoms with Crippen LogP contribution in [-0.4, -0.2) is 54.1 Å². The first kappa shape index (κ1) is 20.7. The van der Waals surface area contributed by atoms with Crippen LogP contribution in [-0.2, 0) is 14.8 Å². The van der Waals surface area contributed by atoms with Crippen molar-refractivity contribution >= 4 is 32.4 Å². The third kappa shape index (κ3) is 4.51. The highest BCUT2D eigenvalue weighted by molar-refractivity contribution is 7.89. The summed E-state index contributed by atoms with van der Waals surface area (Å²) in [6, 6.07) is 5.37. The minimum absolute atomic E-state index is 0.0567. The van der Waals surface area contributed by atoms with Crippen molar-refractivity contribution in [1.29, 1.82) is 0 Å². The summed E-state index contributed by atoms with van der Waals surface area (Å²) in [4.78, 5) is 12.3. The van der Waals surface area contributed by atoms with Crippen LogP contribution in [0, 0.1) is 0 Å². The van der Waals surface area contributed by atoms with Gasteiger partial charge in [-0.3, -0.25) is 10.1 Å². The zero-order valence-electron chi connectivity index (χ0n) is 15.0. The van der Waals surface area contributed by atoms with E-state index in [1.165, 1.54) is 28.6 Å². The minimum Gasteiger partial charge on any atom is -0.373 e. The Balaban J connectivity index is 1.72. The lowest BCUT2D eigenvalue weighted by Gasteiger charge is -2.34. The Kier molecular flexibility index (Phi) is 6.03. The molecule has 0 saturated carbocycles. The summed E-state index contributed by atoms with van der Waals surface area (Å²) in [5, 5.41) is 8.57. The molecule has 0 radical (unpaired) electrons. The van der Waals surface area contributed by atoms with E-state index < -0.39 is 27.4 Å². The quantitative estimate of drug-likeness (QED) is 0.779. The summed E-state index contributed by atoms with van der Waals surface area (Å²) >= 11 is 0.572. The molecule has 28 heavy (non-hydrogen) atoms. The Labute approximate surface area is 164 Å². The van der Waals surface area contributed by atoms with E-state index in [0.717, 1.165) is 0 Å². The average Bonchev–Trinajstić information content (AvgIpc) is 3.10. The van der Waals surface area contributed by atoms with Gasteiger partial charge in [-0.15, -0.1) is 10.2 Å². The molecule has 2 unspecified atom stereocenters. The molecule has 12 heteroatoms. The van der Waals surface area contributed by atoms with E-state index in [1.54, 1.807) is 13.8 Å². The van der Waals surface area contributed by atoms with Crippen molar-refractivity contribution in [2.75, 3.05) is 18.4 Å². The monoisotopic (exact) mass is 432 g/mol. The number of carbonyl (C=O) groups is 1. The molecule has 1 aliphatic rings. The fourth-order valence-electron chi connectivity index (χ4n) is 2.80. The van der Waals surface area contributed by atoms with Crippen LogP contribution < -0.4 is 5.32 Å². The van der Waals surface area contributed by atoms with Gasteiger partial charge in [-0.25, -0.2) is 17.2 Å². The van der Waals surface area contributed by atoms with E-state index in [1.807, 2.05) is 0 Å². The molecule has 1 fully saturated rings. The van der Waals surface area contributed by atoms with Gasteiger partial charge in [0.15, 0.2) is 5.01 Å². The highest BCUT2D eigenvalue weighted by atomic mass is 32.2. The van der Waals surface area contributed by atoms with Gasteiger partial charge < -0.3 is 4.74 Å². The maximum Gasteiger partial charge on any atom is 0.291 e. The molecule has 2 aromatic rings. The molecule has 1 saturated heterocycles. The number of morpholine rings is 1. The van der Waals surface area contributed by atoms with Crippen molar-refractivity contribution < 1.29 is 26.7 Å². The Bertz CT molecular complexity index is 940. The molecule has 1 amide bonds. The number of hydrogen-bond acceptors (Lipinski definition) is 7. The predicted octanol–water partition coefficient (Wildman–Crippen LogP) is 2.53. The summed E-state index contributed by atoms with van der Waals surface area (Å²) in [5.74, 6) is -0.602. The number of benzene rings is 1. The van der Waals surface area contributed by atoms with Gasteiger partial charge >= 0.3 is 0 Å². The summed E-state index contributed by atoms with van der Waals surface area (Å²) in [5.41, 5.74) is 0.163. The first-order valence-corrected chi connectivity index (χ1v) is 10.6. The van der Waals surface area contributed by atoms with E-state index in [9.17, 15) is 22.0 Å². The molecule has 3 rings (SSSR count). The second-order valence-electron chi connectivity index (χ2n) is 6.30. The maximum absolute atomic E-state index is 12.8. The Morgan fingerprint density at radius 2 is 1.82 bits per heavy atom. The molecule has 8 nitrogen and oxygen atoms in total. The molecule has 152 valence electrons. The lowest BCUT2D eigenvalue weighted by atomic mass is 10.2. The van der Waals surface area contributed by atoms with Gasteiger partial charge in [-0.05, 0) is 38.1 Å². The van der Waals surface area contributed by atoms with Crippen molar-refractivity contribution in [2.24, 2.45) is 0 Å². The number of anilines is 1. The summed E-state index contributed by atoms with van der Waals surface area (Å²) in [6.45, 7) is 4.11. The lowest BCUT2D eigenvalue weighted by molar-refractivity contribution is -0.0440. The Hall–Kier alpha value is -2.02. The molecular weight excluding hydrogens is 414 g/mol. The standard InChI is InChI=1S/C16H18F2N4O4S2/c1-9-7-22(8-10(2)26-9)28(24,25)12-5-3-11(4-6-12)14(23)19-16-21-20-15(27-16)13(17)18/h3-6,9-10,13H,7-8H2,1-2H3,(H,19,21,23). The van der Waals surface area contributed by atoms with Gasteiger partial charge in [0.25, 0.3) is 12.3 Å². The molecule has 1 aromatic carbocycles. The van der Waals surface area contributed by atoms with E-state index in [2.05, 4.69) is 15.5 Å². The van der Waals surface area contributed by atoms with Crippen LogP contribution in [0.3, 0.4) is 0 Å². The van der Waals surface area contributed by atoms with Crippen LogP contribution in [0.4, 0.5) is 13.9 Å². The average molecular weight is 432 g/mol. The molecule has 2 heterocycles. The van der Waals surface area contributed by atoms with Gasteiger partial charge in [-0.1, -0.05) is 11.3 Å². The van der Waals surface area contributed by atoms with E-state index in [0.29, 0.717) is 11.3 Å². The van der Waals surface area contributed by atoms with E-state index in [4.69, 9.17) is 4.74 Å². The van der Waals surface area contributed by atoms with Crippen molar-refractivity contribution in [3.63, 3.8) is 0 Å². The molecule has 2 atom stereocenters. The number of rotatable bonds is 5. The van der Waals surface area contributed by atoms with E-state index in [-0.39, 0.29) is 40.9 Å². The molecule has 0 aliphatic carbocycles. The number of carbonyl (C=O) groups excluding carboxylic acids is 1. The van der Waals surface area contributed by atoms with Crippen LogP contribution in [0.25, 0.3) is 0 Å². The fraction of sp³-hybridized carbons (Fsp3) is 0.438. The normalized spacial score (nSPS) is 21.0. The number of nitrogens with one attached hydrogen (secondary N) is 1. The number of hydrogen-bond donors (Lipinski definition) is 1. The van der Waals surface area contributed by atoms with Crippen molar-refractivity contribution in [3.05, 3.63) is 34.8 Å². The smallest absolute Gasteiger partial charge is 0.291 e. The molecule has 0 bridgehead atoms. The minimum atomic E-state index is -3.72. The third-order valence-corrected chi connectivity index (χ3v) is 6.68. The second-order valence-corrected chi connectivity index (χ2v) is 9.25. The zero-order valence-corrected chi connectivity index (χ0v) is 16.6. The third-order valence-electron chi connectivity index (χ3n) is 3.99. The SMILES string of the molecule is CC1CN(S(=O)(=O)c2ccc(C(=O)Nc3nnc(C(F)F)s3)cc2)CC(C)O1.